The lowest BCUT2D eigenvalue weighted by Crippen LogP contribution is -2.29. The summed E-state index contributed by atoms with van der Waals surface area (Å²) in [5, 5.41) is 12.6. The Morgan fingerprint density at radius 2 is 1.68 bits per heavy atom. The van der Waals surface area contributed by atoms with Crippen molar-refractivity contribution in [2.24, 2.45) is 0 Å². The molecule has 0 aliphatic heterocycles. The van der Waals surface area contributed by atoms with Crippen LogP contribution in [0.2, 0.25) is 0 Å². The van der Waals surface area contributed by atoms with E-state index in [1.54, 1.807) is 0 Å². The summed E-state index contributed by atoms with van der Waals surface area (Å²) in [6.45, 7) is 0. The number of nitrogens with zero attached hydrogens (tertiary/aromatic N) is 2. The van der Waals surface area contributed by atoms with Gasteiger partial charge in [-0.3, -0.25) is 10.1 Å². The van der Waals surface area contributed by atoms with Crippen molar-refractivity contribution in [2.45, 2.75) is 11.7 Å². The van der Waals surface area contributed by atoms with Gasteiger partial charge in [0, 0.05) is 5.56 Å². The first-order valence-electron chi connectivity index (χ1n) is 8.03. The highest BCUT2D eigenvalue weighted by atomic mass is 32.2. The SMILES string of the molecule is C[SH](C)C(Cc1ccccc1)C(=O)Nc1nnc(-c2ccccc2)s1. The van der Waals surface area contributed by atoms with Crippen LogP contribution in [0.3, 0.4) is 0 Å². The van der Waals surface area contributed by atoms with E-state index in [-0.39, 0.29) is 11.2 Å². The predicted octanol–water partition coefficient (Wildman–Crippen LogP) is 4.02. The van der Waals surface area contributed by atoms with Gasteiger partial charge in [0.2, 0.25) is 11.0 Å². The monoisotopic (exact) mass is 371 g/mol. The first-order chi connectivity index (χ1) is 12.1. The summed E-state index contributed by atoms with van der Waals surface area (Å²) in [6, 6.07) is 20.0. The van der Waals surface area contributed by atoms with Crippen molar-refractivity contribution in [2.75, 3.05) is 17.8 Å². The highest BCUT2D eigenvalue weighted by Crippen LogP contribution is 2.29. The Morgan fingerprint density at radius 3 is 2.32 bits per heavy atom. The number of rotatable bonds is 6. The number of hydrogen-bond donors (Lipinski definition) is 2. The number of amides is 1. The van der Waals surface area contributed by atoms with E-state index in [9.17, 15) is 4.79 Å². The third-order valence-electron chi connectivity index (χ3n) is 3.87. The van der Waals surface area contributed by atoms with Gasteiger partial charge in [0.25, 0.3) is 0 Å². The third kappa shape index (κ3) is 4.67. The number of carbonyl (C=O) groups excluding carboxylic acids is 1. The zero-order chi connectivity index (χ0) is 17.6. The van der Waals surface area contributed by atoms with Gasteiger partial charge in [0.05, 0.1) is 5.25 Å². The van der Waals surface area contributed by atoms with Gasteiger partial charge in [-0.2, -0.15) is 0 Å². The molecule has 0 aliphatic carbocycles. The predicted molar refractivity (Wildman–Crippen MR) is 109 cm³/mol. The number of aromatic nitrogens is 2. The number of benzene rings is 2. The molecule has 0 radical (unpaired) electrons. The lowest BCUT2D eigenvalue weighted by Gasteiger charge is -2.22. The fourth-order valence-corrected chi connectivity index (χ4v) is 4.37. The van der Waals surface area contributed by atoms with E-state index in [1.807, 2.05) is 48.5 Å². The molecule has 1 atom stereocenters. The Bertz CT molecular complexity index is 819. The summed E-state index contributed by atoms with van der Waals surface area (Å²) in [5.41, 5.74) is 2.19. The number of anilines is 1. The van der Waals surface area contributed by atoms with Crippen LogP contribution in [0.15, 0.2) is 60.7 Å². The summed E-state index contributed by atoms with van der Waals surface area (Å²) < 4.78 is 0. The average Bonchev–Trinajstić information content (AvgIpc) is 3.09. The molecule has 1 amide bonds. The molecular formula is C19H21N3OS2. The molecular weight excluding hydrogens is 350 g/mol. The van der Waals surface area contributed by atoms with Crippen molar-refractivity contribution in [3.63, 3.8) is 0 Å². The van der Waals surface area contributed by atoms with Gasteiger partial charge in [0.15, 0.2) is 0 Å². The normalized spacial score (nSPS) is 12.5. The molecule has 0 saturated heterocycles. The summed E-state index contributed by atoms with van der Waals surface area (Å²) in [5.74, 6) is 0.0238. The van der Waals surface area contributed by atoms with E-state index < -0.39 is 10.9 Å². The fraction of sp³-hybridized carbons (Fsp3) is 0.211. The first-order valence-corrected chi connectivity index (χ1v) is 11.2. The molecule has 0 aliphatic rings. The molecule has 0 saturated carbocycles. The van der Waals surface area contributed by atoms with Crippen LogP contribution < -0.4 is 5.32 Å². The van der Waals surface area contributed by atoms with Crippen molar-refractivity contribution < 1.29 is 4.79 Å². The van der Waals surface area contributed by atoms with Crippen LogP contribution in [0.25, 0.3) is 10.6 Å². The number of carbonyl (C=O) groups is 1. The van der Waals surface area contributed by atoms with Gasteiger partial charge in [-0.05, 0) is 24.5 Å². The van der Waals surface area contributed by atoms with E-state index >= 15 is 0 Å². The van der Waals surface area contributed by atoms with Gasteiger partial charge in [-0.1, -0.05) is 72.0 Å². The smallest absolute Gasteiger partial charge is 0.237 e. The van der Waals surface area contributed by atoms with E-state index in [0.29, 0.717) is 5.13 Å². The van der Waals surface area contributed by atoms with Crippen LogP contribution in [-0.4, -0.2) is 33.9 Å². The Labute approximate surface area is 154 Å². The maximum atomic E-state index is 12.7. The van der Waals surface area contributed by atoms with E-state index in [4.69, 9.17) is 0 Å². The number of thiol groups is 1. The van der Waals surface area contributed by atoms with Gasteiger partial charge in [-0.15, -0.1) is 10.2 Å². The summed E-state index contributed by atoms with van der Waals surface area (Å²) in [7, 11) is -0.416. The molecule has 2 aromatic carbocycles. The molecule has 0 spiro atoms. The molecule has 1 aromatic heterocycles. The van der Waals surface area contributed by atoms with Crippen molar-refractivity contribution in [3.8, 4) is 10.6 Å². The molecule has 6 heteroatoms. The highest BCUT2D eigenvalue weighted by molar-refractivity contribution is 8.17. The Morgan fingerprint density at radius 1 is 1.04 bits per heavy atom. The molecule has 130 valence electrons. The lowest BCUT2D eigenvalue weighted by molar-refractivity contribution is -0.115. The van der Waals surface area contributed by atoms with Crippen LogP contribution in [0, 0.1) is 0 Å². The zero-order valence-electron chi connectivity index (χ0n) is 14.2. The second kappa shape index (κ2) is 8.27. The standard InChI is InChI=1S/C19H21N3OS2/c1-25(2)16(13-14-9-5-3-6-10-14)17(23)20-19-22-21-18(24-19)15-11-7-4-8-12-15/h3-12,16,25H,13H2,1-2H3,(H,20,22,23). The number of hydrogen-bond acceptors (Lipinski definition) is 4. The molecule has 3 rings (SSSR count). The van der Waals surface area contributed by atoms with Crippen molar-refractivity contribution >= 4 is 33.3 Å². The second-order valence-corrected chi connectivity index (χ2v) is 9.46. The van der Waals surface area contributed by atoms with Gasteiger partial charge >= 0.3 is 0 Å². The fourth-order valence-electron chi connectivity index (χ4n) is 2.51. The maximum Gasteiger partial charge on any atom is 0.237 e. The average molecular weight is 372 g/mol. The molecule has 25 heavy (non-hydrogen) atoms. The highest BCUT2D eigenvalue weighted by Gasteiger charge is 2.22. The Balaban J connectivity index is 1.70. The third-order valence-corrected chi connectivity index (χ3v) is 6.43. The summed E-state index contributed by atoms with van der Waals surface area (Å²) >= 11 is 1.40. The van der Waals surface area contributed by atoms with Crippen LogP contribution >= 0.6 is 22.2 Å². The molecule has 4 nitrogen and oxygen atoms in total. The summed E-state index contributed by atoms with van der Waals surface area (Å²) in [6.07, 6.45) is 5.02. The van der Waals surface area contributed by atoms with Gasteiger partial charge in [0.1, 0.15) is 5.01 Å². The number of nitrogens with one attached hydrogen (secondary N) is 1. The molecule has 0 fully saturated rings. The minimum absolute atomic E-state index is 0.0238. The van der Waals surface area contributed by atoms with E-state index in [0.717, 1.165) is 17.0 Å². The molecule has 1 unspecified atom stereocenters. The van der Waals surface area contributed by atoms with Gasteiger partial charge < -0.3 is 0 Å². The van der Waals surface area contributed by atoms with Gasteiger partial charge in [-0.25, -0.2) is 10.9 Å². The Kier molecular flexibility index (Phi) is 5.83. The minimum atomic E-state index is -0.416. The second-order valence-electron chi connectivity index (χ2n) is 5.94. The van der Waals surface area contributed by atoms with Crippen molar-refractivity contribution in [1.82, 2.24) is 10.2 Å². The van der Waals surface area contributed by atoms with Crippen LogP contribution in [0.1, 0.15) is 5.56 Å². The van der Waals surface area contributed by atoms with Crippen molar-refractivity contribution in [3.05, 3.63) is 66.2 Å². The first kappa shape index (κ1) is 17.6. The molecule has 0 bridgehead atoms. The van der Waals surface area contributed by atoms with E-state index in [1.165, 1.54) is 16.9 Å². The summed E-state index contributed by atoms with van der Waals surface area (Å²) in [4.78, 5) is 12.7. The topological polar surface area (TPSA) is 54.9 Å². The molecule has 1 heterocycles. The van der Waals surface area contributed by atoms with Crippen LogP contribution in [0.5, 0.6) is 0 Å². The van der Waals surface area contributed by atoms with Crippen LogP contribution in [0.4, 0.5) is 5.13 Å². The molecule has 3 aromatic rings. The lowest BCUT2D eigenvalue weighted by atomic mass is 10.1. The van der Waals surface area contributed by atoms with E-state index in [2.05, 4.69) is 40.2 Å². The Hall–Kier alpha value is -2.18. The maximum absolute atomic E-state index is 12.7. The largest absolute Gasteiger partial charge is 0.300 e. The van der Waals surface area contributed by atoms with Crippen LogP contribution in [-0.2, 0) is 11.2 Å². The van der Waals surface area contributed by atoms with Crippen molar-refractivity contribution in [1.29, 1.82) is 0 Å². The molecule has 1 N–H and O–H groups in total. The quantitative estimate of drug-likeness (QED) is 0.644. The minimum Gasteiger partial charge on any atom is -0.300 e. The zero-order valence-corrected chi connectivity index (χ0v) is 15.9.